The molecule has 3 aromatic rings. The molecule has 2 N–H and O–H groups in total. The van der Waals surface area contributed by atoms with Crippen LogP contribution in [-0.2, 0) is 27.3 Å². The van der Waals surface area contributed by atoms with Gasteiger partial charge in [-0.25, -0.2) is 9.18 Å². The average molecular weight is 635 g/mol. The Balaban J connectivity index is 0.00000271. The lowest BCUT2D eigenvalue weighted by atomic mass is 9.84. The van der Waals surface area contributed by atoms with Crippen molar-refractivity contribution in [3.63, 3.8) is 0 Å². The predicted molar refractivity (Wildman–Crippen MR) is 148 cm³/mol. The molecule has 0 bridgehead atoms. The molecule has 1 aliphatic rings. The first-order chi connectivity index (χ1) is 21.2. The normalized spacial score (nSPS) is 14.0. The monoisotopic (exact) mass is 634 g/mol. The van der Waals surface area contributed by atoms with Crippen LogP contribution in [0, 0.1) is 34.9 Å². The van der Waals surface area contributed by atoms with Gasteiger partial charge in [0.15, 0.2) is 0 Å². The molecule has 3 aromatic carbocycles. The molecule has 6 nitrogen and oxygen atoms in total. The lowest BCUT2D eigenvalue weighted by molar-refractivity contribution is -0.138. The van der Waals surface area contributed by atoms with E-state index in [0.717, 1.165) is 19.2 Å². The summed E-state index contributed by atoms with van der Waals surface area (Å²) in [6, 6.07) is 11.8. The number of hydrogen-bond acceptors (Lipinski definition) is 5. The molecule has 4 rings (SSSR count). The molecule has 1 saturated carbocycles. The first-order valence-corrected chi connectivity index (χ1v) is 13.1. The van der Waals surface area contributed by atoms with Gasteiger partial charge in [-0.1, -0.05) is 11.8 Å². The number of carbonyl (C=O) groups excluding carboxylic acids is 2. The zero-order chi connectivity index (χ0) is 33.6. The highest BCUT2D eigenvalue weighted by molar-refractivity contribution is 5.95. The number of nitrogens with zero attached hydrogens (tertiary/aromatic N) is 1. The fraction of sp³-hybridized carbons (Fsp3) is 0.281. The predicted octanol–water partition coefficient (Wildman–Crippen LogP) is 6.86. The Morgan fingerprint density at radius 1 is 0.978 bits per heavy atom. The number of esters is 1. The Hall–Kier alpha value is -4.88. The van der Waals surface area contributed by atoms with Crippen molar-refractivity contribution in [2.75, 3.05) is 19.5 Å². The van der Waals surface area contributed by atoms with Crippen molar-refractivity contribution < 1.29 is 50.2 Å². The number of methoxy groups -OCH3 is 1. The van der Waals surface area contributed by atoms with Gasteiger partial charge < -0.3 is 15.2 Å². The number of benzene rings is 3. The van der Waals surface area contributed by atoms with E-state index in [-0.39, 0.29) is 36.1 Å². The molecule has 0 saturated heterocycles. The number of aliphatic hydroxyl groups is 1. The maximum atomic E-state index is 14.8. The standard InChI is InChI=1S/C31H21F7N2O3.CH4O/c1-43-28(42)19-5-2-18(3-6-19)4-7-20(27(41)40-23-10-8-21(17-39)24(15-23)31(36,37)38)16-29(12-13-29)25-14-22(30(33,34)35)9-11-26(25)32;1-2/h2-3,5-6,8-11,14-15,20H,12-13,16H2,1H3,(H,40,41);2H,1H3. The lowest BCUT2D eigenvalue weighted by Gasteiger charge is -2.22. The van der Waals surface area contributed by atoms with Gasteiger partial charge in [0.1, 0.15) is 11.7 Å². The minimum absolute atomic E-state index is 0.223. The van der Waals surface area contributed by atoms with Crippen LogP contribution in [-0.4, -0.2) is 31.2 Å². The Morgan fingerprint density at radius 2 is 1.62 bits per heavy atom. The van der Waals surface area contributed by atoms with Crippen molar-refractivity contribution in [3.8, 4) is 17.9 Å². The molecular formula is C32H25F7N2O4. The Kier molecular flexibility index (Phi) is 10.6. The molecule has 0 spiro atoms. The number of amides is 1. The zero-order valence-corrected chi connectivity index (χ0v) is 23.7. The average Bonchev–Trinajstić information content (AvgIpc) is 3.79. The first kappa shape index (κ1) is 34.6. The number of nitrogens with one attached hydrogen (secondary N) is 1. The van der Waals surface area contributed by atoms with Crippen LogP contribution in [0.3, 0.4) is 0 Å². The van der Waals surface area contributed by atoms with Gasteiger partial charge in [-0.3, -0.25) is 4.79 Å². The molecule has 45 heavy (non-hydrogen) atoms. The fourth-order valence-electron chi connectivity index (χ4n) is 4.60. The van der Waals surface area contributed by atoms with Crippen LogP contribution >= 0.6 is 0 Å². The number of ether oxygens (including phenoxy) is 1. The molecular weight excluding hydrogens is 609 g/mol. The molecule has 0 radical (unpaired) electrons. The third-order valence-corrected chi connectivity index (χ3v) is 7.04. The number of anilines is 1. The molecule has 1 aliphatic carbocycles. The third kappa shape index (κ3) is 8.40. The van der Waals surface area contributed by atoms with Crippen molar-refractivity contribution in [1.82, 2.24) is 0 Å². The fourth-order valence-corrected chi connectivity index (χ4v) is 4.60. The number of carbonyl (C=O) groups is 2. The van der Waals surface area contributed by atoms with E-state index in [0.29, 0.717) is 29.8 Å². The summed E-state index contributed by atoms with van der Waals surface area (Å²) in [4.78, 5) is 25.1. The summed E-state index contributed by atoms with van der Waals surface area (Å²) in [5.41, 5.74) is -4.12. The van der Waals surface area contributed by atoms with Crippen molar-refractivity contribution in [3.05, 3.63) is 99.9 Å². The third-order valence-electron chi connectivity index (χ3n) is 7.04. The van der Waals surface area contributed by atoms with Crippen LogP contribution in [0.4, 0.5) is 36.4 Å². The summed E-state index contributed by atoms with van der Waals surface area (Å²) >= 11 is 0. The minimum atomic E-state index is -4.89. The van der Waals surface area contributed by atoms with E-state index in [4.69, 9.17) is 10.4 Å². The number of nitriles is 1. The molecule has 0 heterocycles. The van der Waals surface area contributed by atoms with Gasteiger partial charge in [0, 0.05) is 18.4 Å². The Labute approximate surface area is 253 Å². The topological polar surface area (TPSA) is 99.4 Å². The van der Waals surface area contributed by atoms with Gasteiger partial charge in [0.2, 0.25) is 5.91 Å². The van der Waals surface area contributed by atoms with Crippen LogP contribution in [0.15, 0.2) is 60.7 Å². The minimum Gasteiger partial charge on any atom is -0.465 e. The number of rotatable bonds is 6. The zero-order valence-electron chi connectivity index (χ0n) is 23.7. The van der Waals surface area contributed by atoms with E-state index in [2.05, 4.69) is 21.9 Å². The number of halogens is 7. The summed E-state index contributed by atoms with van der Waals surface area (Å²) in [7, 11) is 2.20. The van der Waals surface area contributed by atoms with Crippen LogP contribution in [0.2, 0.25) is 0 Å². The largest absolute Gasteiger partial charge is 0.465 e. The van der Waals surface area contributed by atoms with E-state index in [1.807, 2.05) is 0 Å². The Bertz CT molecular complexity index is 1660. The van der Waals surface area contributed by atoms with Gasteiger partial charge in [-0.05, 0) is 90.9 Å². The molecule has 236 valence electrons. The van der Waals surface area contributed by atoms with Gasteiger partial charge in [0.25, 0.3) is 0 Å². The molecule has 1 unspecified atom stereocenters. The molecule has 1 amide bonds. The summed E-state index contributed by atoms with van der Waals surface area (Å²) < 4.78 is 100.0. The Morgan fingerprint density at radius 3 is 2.16 bits per heavy atom. The SMILES string of the molecule is CO.COC(=O)c1ccc(C#CC(CC2(c3cc(C(F)(F)F)ccc3F)CC2)C(=O)Nc2ccc(C#N)c(C(F)(F)F)c2)cc1. The van der Waals surface area contributed by atoms with Crippen LogP contribution in [0.5, 0.6) is 0 Å². The number of alkyl halides is 6. The second-order valence-electron chi connectivity index (χ2n) is 9.93. The van der Waals surface area contributed by atoms with Gasteiger partial charge in [0.05, 0.1) is 35.4 Å². The highest BCUT2D eigenvalue weighted by atomic mass is 19.4. The maximum absolute atomic E-state index is 14.8. The second-order valence-corrected chi connectivity index (χ2v) is 9.93. The van der Waals surface area contributed by atoms with Crippen LogP contribution < -0.4 is 5.32 Å². The number of hydrogen-bond donors (Lipinski definition) is 2. The van der Waals surface area contributed by atoms with E-state index >= 15 is 0 Å². The molecule has 1 atom stereocenters. The molecule has 0 aromatic heterocycles. The second kappa shape index (κ2) is 13.8. The summed E-state index contributed by atoms with van der Waals surface area (Å²) in [5, 5.41) is 18.4. The van der Waals surface area contributed by atoms with E-state index in [1.165, 1.54) is 37.4 Å². The molecule has 0 aliphatic heterocycles. The van der Waals surface area contributed by atoms with Crippen molar-refractivity contribution in [1.29, 1.82) is 5.26 Å². The van der Waals surface area contributed by atoms with Gasteiger partial charge in [-0.15, -0.1) is 0 Å². The number of aliphatic hydroxyl groups excluding tert-OH is 1. The highest BCUT2D eigenvalue weighted by Gasteiger charge is 2.49. The van der Waals surface area contributed by atoms with Crippen molar-refractivity contribution in [2.24, 2.45) is 5.92 Å². The van der Waals surface area contributed by atoms with E-state index in [1.54, 1.807) is 0 Å². The van der Waals surface area contributed by atoms with Crippen molar-refractivity contribution in [2.45, 2.75) is 37.0 Å². The van der Waals surface area contributed by atoms with E-state index in [9.17, 15) is 40.3 Å². The lowest BCUT2D eigenvalue weighted by Crippen LogP contribution is -2.27. The van der Waals surface area contributed by atoms with Gasteiger partial charge in [-0.2, -0.15) is 31.6 Å². The van der Waals surface area contributed by atoms with Crippen molar-refractivity contribution >= 4 is 17.6 Å². The highest BCUT2D eigenvalue weighted by Crippen LogP contribution is 2.54. The van der Waals surface area contributed by atoms with E-state index < -0.39 is 58.1 Å². The summed E-state index contributed by atoms with van der Waals surface area (Å²) in [6.07, 6.45) is -9.36. The quantitative estimate of drug-likeness (QED) is 0.175. The first-order valence-electron chi connectivity index (χ1n) is 13.1. The van der Waals surface area contributed by atoms with Gasteiger partial charge >= 0.3 is 18.3 Å². The smallest absolute Gasteiger partial charge is 0.417 e. The van der Waals surface area contributed by atoms with Crippen LogP contribution in [0.25, 0.3) is 0 Å². The van der Waals surface area contributed by atoms with Crippen LogP contribution in [0.1, 0.15) is 57.4 Å². The molecule has 13 heteroatoms. The summed E-state index contributed by atoms with van der Waals surface area (Å²) in [6.45, 7) is 0. The summed E-state index contributed by atoms with van der Waals surface area (Å²) in [5.74, 6) is 1.79. The maximum Gasteiger partial charge on any atom is 0.417 e. The molecule has 1 fully saturated rings.